The molecule has 0 bridgehead atoms. The van der Waals surface area contributed by atoms with Crippen LogP contribution >= 0.6 is 12.4 Å². The highest BCUT2D eigenvalue weighted by molar-refractivity contribution is 5.89. The number of nitrogens with two attached hydrogens (primary N) is 1. The number of amides is 2. The maximum absolute atomic E-state index is 12.6. The Labute approximate surface area is 149 Å². The van der Waals surface area contributed by atoms with E-state index in [2.05, 4.69) is 12.1 Å². The molecule has 0 aliphatic carbocycles. The Morgan fingerprint density at radius 3 is 2.46 bits per heavy atom. The molecule has 24 heavy (non-hydrogen) atoms. The first-order valence-corrected chi connectivity index (χ1v) is 8.40. The Morgan fingerprint density at radius 1 is 1.21 bits per heavy atom. The molecule has 1 atom stereocenters. The first kappa shape index (κ1) is 18.7. The summed E-state index contributed by atoms with van der Waals surface area (Å²) in [6.45, 7) is 4.62. The normalized spacial score (nSPS) is 21.8. The maximum Gasteiger partial charge on any atom is 0.227 e. The first-order valence-electron chi connectivity index (χ1n) is 8.40. The minimum atomic E-state index is -0.192. The predicted molar refractivity (Wildman–Crippen MR) is 95.7 cm³/mol. The minimum absolute atomic E-state index is 0. The highest BCUT2D eigenvalue weighted by atomic mass is 35.5. The summed E-state index contributed by atoms with van der Waals surface area (Å²) >= 11 is 0. The Kier molecular flexibility index (Phi) is 6.24. The van der Waals surface area contributed by atoms with E-state index in [0.717, 1.165) is 31.5 Å². The molecule has 0 radical (unpaired) electrons. The van der Waals surface area contributed by atoms with Crippen molar-refractivity contribution in [2.24, 2.45) is 11.7 Å². The zero-order chi connectivity index (χ0) is 16.4. The van der Waals surface area contributed by atoms with Crippen molar-refractivity contribution in [1.29, 1.82) is 0 Å². The van der Waals surface area contributed by atoms with Crippen LogP contribution in [0.3, 0.4) is 0 Å². The number of halogens is 1. The van der Waals surface area contributed by atoms with Crippen LogP contribution in [0.5, 0.6) is 0 Å². The van der Waals surface area contributed by atoms with Gasteiger partial charge in [-0.05, 0) is 25.3 Å². The van der Waals surface area contributed by atoms with Gasteiger partial charge in [0, 0.05) is 38.6 Å². The molecule has 5 nitrogen and oxygen atoms in total. The summed E-state index contributed by atoms with van der Waals surface area (Å²) in [6.07, 6.45) is 2.06. The molecule has 2 aliphatic heterocycles. The highest BCUT2D eigenvalue weighted by Crippen LogP contribution is 2.23. The summed E-state index contributed by atoms with van der Waals surface area (Å²) in [5.74, 6) is 0.0107. The average Bonchev–Trinajstić information content (AvgIpc) is 2.91. The van der Waals surface area contributed by atoms with Gasteiger partial charge in [-0.2, -0.15) is 0 Å². The molecule has 2 aliphatic rings. The summed E-state index contributed by atoms with van der Waals surface area (Å²) in [5.41, 5.74) is 8.21. The van der Waals surface area contributed by atoms with Crippen molar-refractivity contribution in [2.45, 2.75) is 38.8 Å². The molecule has 1 aromatic rings. The van der Waals surface area contributed by atoms with E-state index in [1.165, 1.54) is 5.56 Å². The van der Waals surface area contributed by atoms with Crippen molar-refractivity contribution in [3.05, 3.63) is 35.4 Å². The summed E-state index contributed by atoms with van der Waals surface area (Å²) < 4.78 is 0. The topological polar surface area (TPSA) is 66.6 Å². The molecule has 0 spiro atoms. The SMILES string of the molecule is Cc1ccc(CN2CC(C(=O)N3CCC(N)CC3)CC2=O)cc1.Cl. The molecular weight excluding hydrogens is 326 g/mol. The van der Waals surface area contributed by atoms with Crippen LogP contribution in [0.4, 0.5) is 0 Å². The molecule has 2 heterocycles. The van der Waals surface area contributed by atoms with Crippen molar-refractivity contribution in [3.63, 3.8) is 0 Å². The zero-order valence-corrected chi connectivity index (χ0v) is 14.9. The molecule has 3 rings (SSSR count). The van der Waals surface area contributed by atoms with Crippen LogP contribution in [0.2, 0.25) is 0 Å². The van der Waals surface area contributed by atoms with Gasteiger partial charge >= 0.3 is 0 Å². The van der Waals surface area contributed by atoms with Gasteiger partial charge in [0.2, 0.25) is 11.8 Å². The van der Waals surface area contributed by atoms with Gasteiger partial charge in [-0.1, -0.05) is 29.8 Å². The first-order chi connectivity index (χ1) is 11.0. The van der Waals surface area contributed by atoms with E-state index in [9.17, 15) is 9.59 Å². The van der Waals surface area contributed by atoms with Gasteiger partial charge in [0.1, 0.15) is 0 Å². The third-order valence-electron chi connectivity index (χ3n) is 4.91. The number of nitrogens with zero attached hydrogens (tertiary/aromatic N) is 2. The monoisotopic (exact) mass is 351 g/mol. The number of piperidine rings is 1. The number of hydrogen-bond donors (Lipinski definition) is 1. The summed E-state index contributed by atoms with van der Waals surface area (Å²) in [5, 5.41) is 0. The second-order valence-electron chi connectivity index (χ2n) is 6.82. The third kappa shape index (κ3) is 4.28. The highest BCUT2D eigenvalue weighted by Gasteiger charge is 2.37. The Hall–Kier alpha value is -1.59. The molecule has 0 aromatic heterocycles. The molecule has 0 saturated carbocycles. The van der Waals surface area contributed by atoms with E-state index in [4.69, 9.17) is 5.73 Å². The molecule has 2 N–H and O–H groups in total. The van der Waals surface area contributed by atoms with Gasteiger partial charge in [0.05, 0.1) is 5.92 Å². The Bertz CT molecular complexity index is 582. The second-order valence-corrected chi connectivity index (χ2v) is 6.82. The lowest BCUT2D eigenvalue weighted by molar-refractivity contribution is -0.136. The smallest absolute Gasteiger partial charge is 0.227 e. The van der Waals surface area contributed by atoms with Gasteiger partial charge in [0.15, 0.2) is 0 Å². The fourth-order valence-electron chi connectivity index (χ4n) is 3.38. The Morgan fingerprint density at radius 2 is 1.83 bits per heavy atom. The Balaban J connectivity index is 0.00000208. The van der Waals surface area contributed by atoms with Gasteiger partial charge in [0.25, 0.3) is 0 Å². The average molecular weight is 352 g/mol. The van der Waals surface area contributed by atoms with Crippen molar-refractivity contribution in [3.8, 4) is 0 Å². The summed E-state index contributed by atoms with van der Waals surface area (Å²) in [6, 6.07) is 8.40. The summed E-state index contributed by atoms with van der Waals surface area (Å²) in [7, 11) is 0. The van der Waals surface area contributed by atoms with Crippen molar-refractivity contribution >= 4 is 24.2 Å². The van der Waals surface area contributed by atoms with E-state index in [0.29, 0.717) is 19.5 Å². The number of hydrogen-bond acceptors (Lipinski definition) is 3. The molecule has 2 fully saturated rings. The maximum atomic E-state index is 12.6. The molecule has 6 heteroatoms. The molecule has 2 saturated heterocycles. The van der Waals surface area contributed by atoms with E-state index in [-0.39, 0.29) is 36.2 Å². The number of rotatable bonds is 3. The van der Waals surface area contributed by atoms with E-state index in [1.807, 2.05) is 28.9 Å². The third-order valence-corrected chi connectivity index (χ3v) is 4.91. The van der Waals surface area contributed by atoms with Crippen LogP contribution < -0.4 is 5.73 Å². The molecule has 1 aromatic carbocycles. The molecule has 1 unspecified atom stereocenters. The second kappa shape index (κ2) is 7.99. The largest absolute Gasteiger partial charge is 0.342 e. The number of aryl methyl sites for hydroxylation is 1. The molecular formula is C18H26ClN3O2. The van der Waals surface area contributed by atoms with Crippen molar-refractivity contribution < 1.29 is 9.59 Å². The van der Waals surface area contributed by atoms with Crippen molar-refractivity contribution in [2.75, 3.05) is 19.6 Å². The minimum Gasteiger partial charge on any atom is -0.342 e. The van der Waals surface area contributed by atoms with E-state index in [1.54, 1.807) is 0 Å². The summed E-state index contributed by atoms with van der Waals surface area (Å²) in [4.78, 5) is 28.5. The van der Waals surface area contributed by atoms with Crippen LogP contribution in [0, 0.1) is 12.8 Å². The lowest BCUT2D eigenvalue weighted by atomic mass is 10.0. The number of likely N-dealkylation sites (tertiary alicyclic amines) is 2. The zero-order valence-electron chi connectivity index (χ0n) is 14.1. The van der Waals surface area contributed by atoms with E-state index < -0.39 is 0 Å². The van der Waals surface area contributed by atoms with Gasteiger partial charge in [-0.25, -0.2) is 0 Å². The lowest BCUT2D eigenvalue weighted by Gasteiger charge is -2.31. The fourth-order valence-corrected chi connectivity index (χ4v) is 3.38. The van der Waals surface area contributed by atoms with Crippen LogP contribution in [0.15, 0.2) is 24.3 Å². The quantitative estimate of drug-likeness (QED) is 0.901. The van der Waals surface area contributed by atoms with E-state index >= 15 is 0 Å². The number of benzene rings is 1. The molecule has 132 valence electrons. The van der Waals surface area contributed by atoms with Gasteiger partial charge in [-0.15, -0.1) is 12.4 Å². The van der Waals surface area contributed by atoms with Crippen LogP contribution in [-0.4, -0.2) is 47.3 Å². The number of carbonyl (C=O) groups excluding carboxylic acids is 2. The van der Waals surface area contributed by atoms with Crippen LogP contribution in [-0.2, 0) is 16.1 Å². The van der Waals surface area contributed by atoms with Gasteiger partial charge < -0.3 is 15.5 Å². The van der Waals surface area contributed by atoms with Crippen LogP contribution in [0.25, 0.3) is 0 Å². The lowest BCUT2D eigenvalue weighted by Crippen LogP contribution is -2.45. The number of carbonyl (C=O) groups is 2. The molecule has 2 amide bonds. The van der Waals surface area contributed by atoms with Gasteiger partial charge in [-0.3, -0.25) is 9.59 Å². The standard InChI is InChI=1S/C18H25N3O2.ClH/c1-13-2-4-14(5-3-13)11-21-12-15(10-17(21)22)18(23)20-8-6-16(19)7-9-20;/h2-5,15-16H,6-12,19H2,1H3;1H. The fraction of sp³-hybridized carbons (Fsp3) is 0.556. The predicted octanol–water partition coefficient (Wildman–Crippen LogP) is 1.72. The van der Waals surface area contributed by atoms with Crippen LogP contribution in [0.1, 0.15) is 30.4 Å². The van der Waals surface area contributed by atoms with Crippen molar-refractivity contribution in [1.82, 2.24) is 9.80 Å².